The number of hydrogen-bond acceptors (Lipinski definition) is 2. The smallest absolute Gasteiger partial charge is 0.140 e. The van der Waals surface area contributed by atoms with E-state index < -0.39 is 5.92 Å². The number of Topliss-reactive ketones (excluding diaryl/α,β-unsaturated/α-hetero) is 2. The van der Waals surface area contributed by atoms with Crippen LogP contribution in [0, 0.1) is 11.8 Å². The van der Waals surface area contributed by atoms with E-state index in [9.17, 15) is 9.59 Å². The molecule has 2 nitrogen and oxygen atoms in total. The number of rotatable bonds is 14. The molecule has 0 rings (SSSR count). The molecule has 2 heteroatoms. The first-order valence-electron chi connectivity index (χ1n) is 8.68. The van der Waals surface area contributed by atoms with Crippen LogP contribution >= 0.6 is 0 Å². The van der Waals surface area contributed by atoms with Crippen LogP contribution in [0.15, 0.2) is 12.7 Å². The molecule has 0 N–H and O–H groups in total. The Balaban J connectivity index is 3.80. The quantitative estimate of drug-likeness (QED) is 0.241. The van der Waals surface area contributed by atoms with E-state index in [4.69, 9.17) is 0 Å². The fourth-order valence-corrected chi connectivity index (χ4v) is 3.00. The molecule has 0 aliphatic carbocycles. The maximum atomic E-state index is 11.6. The Bertz CT molecular complexity index is 293. The van der Waals surface area contributed by atoms with E-state index in [2.05, 4.69) is 13.5 Å². The normalized spacial score (nSPS) is 12.4. The van der Waals surface area contributed by atoms with E-state index in [1.807, 2.05) is 0 Å². The van der Waals surface area contributed by atoms with Gasteiger partial charge in [-0.2, -0.15) is 0 Å². The summed E-state index contributed by atoms with van der Waals surface area (Å²) in [6.07, 6.45) is 14.3. The summed E-state index contributed by atoms with van der Waals surface area (Å²) in [5.41, 5.74) is 0. The summed E-state index contributed by atoms with van der Waals surface area (Å²) >= 11 is 0. The Morgan fingerprint density at radius 1 is 0.857 bits per heavy atom. The standard InChI is InChI=1S/C19H34O2/c1-5-7-8-9-10-11-12-13-14-15-18(6-2)19(16(3)20)17(4)21/h6,18-19H,2,5,7-15H2,1,3-4H3. The first-order valence-corrected chi connectivity index (χ1v) is 8.68. The van der Waals surface area contributed by atoms with Crippen molar-refractivity contribution >= 4 is 11.6 Å². The number of carbonyl (C=O) groups excluding carboxylic acids is 2. The highest BCUT2D eigenvalue weighted by Crippen LogP contribution is 2.23. The van der Waals surface area contributed by atoms with Crippen LogP contribution in [0.5, 0.6) is 0 Å². The number of carbonyl (C=O) groups is 2. The summed E-state index contributed by atoms with van der Waals surface area (Å²) in [4.78, 5) is 23.2. The van der Waals surface area contributed by atoms with Crippen molar-refractivity contribution in [1.82, 2.24) is 0 Å². The fourth-order valence-electron chi connectivity index (χ4n) is 3.00. The van der Waals surface area contributed by atoms with Crippen LogP contribution in [0.1, 0.15) is 85.0 Å². The number of allylic oxidation sites excluding steroid dienone is 1. The molecule has 1 atom stereocenters. The predicted molar refractivity (Wildman–Crippen MR) is 90.4 cm³/mol. The molecule has 122 valence electrons. The van der Waals surface area contributed by atoms with E-state index in [1.54, 1.807) is 6.08 Å². The maximum Gasteiger partial charge on any atom is 0.140 e. The lowest BCUT2D eigenvalue weighted by Crippen LogP contribution is -2.27. The summed E-state index contributed by atoms with van der Waals surface area (Å²) < 4.78 is 0. The van der Waals surface area contributed by atoms with Crippen molar-refractivity contribution in [2.45, 2.75) is 85.0 Å². The lowest BCUT2D eigenvalue weighted by Gasteiger charge is -2.19. The topological polar surface area (TPSA) is 34.1 Å². The highest BCUT2D eigenvalue weighted by Gasteiger charge is 2.26. The van der Waals surface area contributed by atoms with Crippen LogP contribution in [0.25, 0.3) is 0 Å². The van der Waals surface area contributed by atoms with Crippen LogP contribution in [-0.2, 0) is 9.59 Å². The van der Waals surface area contributed by atoms with E-state index in [1.165, 1.54) is 65.2 Å². The molecule has 0 spiro atoms. The third kappa shape index (κ3) is 9.60. The Hall–Kier alpha value is -0.920. The molecule has 0 aromatic heterocycles. The monoisotopic (exact) mass is 294 g/mol. The molecule has 0 saturated heterocycles. The minimum Gasteiger partial charge on any atom is -0.299 e. The third-order valence-corrected chi connectivity index (χ3v) is 4.25. The highest BCUT2D eigenvalue weighted by atomic mass is 16.1. The van der Waals surface area contributed by atoms with E-state index in [0.717, 1.165) is 12.8 Å². The van der Waals surface area contributed by atoms with E-state index in [0.29, 0.717) is 0 Å². The highest BCUT2D eigenvalue weighted by molar-refractivity contribution is 6.00. The van der Waals surface area contributed by atoms with Crippen molar-refractivity contribution in [1.29, 1.82) is 0 Å². The molecule has 0 aliphatic heterocycles. The van der Waals surface area contributed by atoms with Gasteiger partial charge in [0.1, 0.15) is 11.6 Å². The van der Waals surface area contributed by atoms with Gasteiger partial charge in [-0.05, 0) is 26.2 Å². The van der Waals surface area contributed by atoms with Crippen molar-refractivity contribution in [2.75, 3.05) is 0 Å². The van der Waals surface area contributed by atoms with Crippen LogP contribution in [0.2, 0.25) is 0 Å². The van der Waals surface area contributed by atoms with Crippen molar-refractivity contribution in [3.8, 4) is 0 Å². The minimum absolute atomic E-state index is 0.0181. The molecule has 0 aliphatic rings. The van der Waals surface area contributed by atoms with Gasteiger partial charge in [-0.3, -0.25) is 9.59 Å². The summed E-state index contributed by atoms with van der Waals surface area (Å²) in [6.45, 7) is 9.07. The van der Waals surface area contributed by atoms with Gasteiger partial charge in [-0.25, -0.2) is 0 Å². The molecular formula is C19H34O2. The van der Waals surface area contributed by atoms with Gasteiger partial charge in [-0.15, -0.1) is 6.58 Å². The Labute approximate surface area is 131 Å². The molecule has 0 aromatic rings. The van der Waals surface area contributed by atoms with Crippen molar-refractivity contribution in [3.63, 3.8) is 0 Å². The van der Waals surface area contributed by atoms with Gasteiger partial charge in [0.25, 0.3) is 0 Å². The van der Waals surface area contributed by atoms with Gasteiger partial charge in [0.05, 0.1) is 5.92 Å². The van der Waals surface area contributed by atoms with Gasteiger partial charge in [-0.1, -0.05) is 70.8 Å². The second-order valence-electron chi connectivity index (χ2n) is 6.22. The maximum absolute atomic E-state index is 11.6. The number of ketones is 2. The molecule has 0 amide bonds. The second kappa shape index (κ2) is 12.8. The van der Waals surface area contributed by atoms with E-state index in [-0.39, 0.29) is 17.5 Å². The molecule has 0 bridgehead atoms. The van der Waals surface area contributed by atoms with Crippen molar-refractivity contribution in [2.24, 2.45) is 11.8 Å². The summed E-state index contributed by atoms with van der Waals surface area (Å²) in [7, 11) is 0. The molecule has 0 aromatic carbocycles. The number of hydrogen-bond donors (Lipinski definition) is 0. The number of unbranched alkanes of at least 4 members (excludes halogenated alkanes) is 8. The van der Waals surface area contributed by atoms with Gasteiger partial charge < -0.3 is 0 Å². The van der Waals surface area contributed by atoms with Gasteiger partial charge in [0, 0.05) is 0 Å². The van der Waals surface area contributed by atoms with Gasteiger partial charge >= 0.3 is 0 Å². The van der Waals surface area contributed by atoms with Crippen LogP contribution < -0.4 is 0 Å². The van der Waals surface area contributed by atoms with Crippen molar-refractivity contribution in [3.05, 3.63) is 12.7 Å². The molecular weight excluding hydrogens is 260 g/mol. The van der Waals surface area contributed by atoms with Crippen LogP contribution in [-0.4, -0.2) is 11.6 Å². The second-order valence-corrected chi connectivity index (χ2v) is 6.22. The minimum atomic E-state index is -0.475. The van der Waals surface area contributed by atoms with Crippen LogP contribution in [0.3, 0.4) is 0 Å². The average Bonchev–Trinajstić information content (AvgIpc) is 2.43. The zero-order chi connectivity index (χ0) is 16.1. The molecule has 0 fully saturated rings. The lowest BCUT2D eigenvalue weighted by molar-refractivity contribution is -0.132. The average molecular weight is 294 g/mol. The van der Waals surface area contributed by atoms with Crippen LogP contribution in [0.4, 0.5) is 0 Å². The van der Waals surface area contributed by atoms with Gasteiger partial charge in [0.2, 0.25) is 0 Å². The summed E-state index contributed by atoms with van der Waals surface area (Å²) in [5, 5.41) is 0. The first-order chi connectivity index (χ1) is 10.0. The Morgan fingerprint density at radius 2 is 1.29 bits per heavy atom. The molecule has 21 heavy (non-hydrogen) atoms. The molecule has 0 radical (unpaired) electrons. The lowest BCUT2D eigenvalue weighted by atomic mass is 9.82. The largest absolute Gasteiger partial charge is 0.299 e. The molecule has 0 saturated carbocycles. The van der Waals surface area contributed by atoms with Crippen molar-refractivity contribution < 1.29 is 9.59 Å². The third-order valence-electron chi connectivity index (χ3n) is 4.25. The zero-order valence-corrected chi connectivity index (χ0v) is 14.3. The first kappa shape index (κ1) is 20.1. The Kier molecular flexibility index (Phi) is 12.2. The summed E-state index contributed by atoms with van der Waals surface area (Å²) in [6, 6.07) is 0. The Morgan fingerprint density at radius 3 is 1.67 bits per heavy atom. The predicted octanol–water partition coefficient (Wildman–Crippen LogP) is 5.50. The van der Waals surface area contributed by atoms with E-state index >= 15 is 0 Å². The molecule has 1 unspecified atom stereocenters. The SMILES string of the molecule is C=CC(CCCCCCCCCCC)C(C(C)=O)C(C)=O. The zero-order valence-electron chi connectivity index (χ0n) is 14.3. The van der Waals surface area contributed by atoms with Gasteiger partial charge in [0.15, 0.2) is 0 Å². The summed E-state index contributed by atoms with van der Waals surface area (Å²) in [5.74, 6) is -0.507. The molecule has 0 heterocycles. The fraction of sp³-hybridized carbons (Fsp3) is 0.789.